The second kappa shape index (κ2) is 5.84. The number of piperidine rings is 1. The highest BCUT2D eigenvalue weighted by atomic mass is 16.6. The van der Waals surface area contributed by atoms with E-state index in [0.717, 1.165) is 24.0 Å². The van der Waals surface area contributed by atoms with Gasteiger partial charge in [-0.3, -0.25) is 9.59 Å². The Hall–Kier alpha value is -1.96. The molecule has 1 N–H and O–H groups in total. The van der Waals surface area contributed by atoms with Crippen LogP contribution in [0.3, 0.4) is 0 Å². The Kier molecular flexibility index (Phi) is 3.65. The van der Waals surface area contributed by atoms with Crippen molar-refractivity contribution in [2.45, 2.75) is 68.6 Å². The summed E-state index contributed by atoms with van der Waals surface area (Å²) in [5, 5.41) is 24.8. The van der Waals surface area contributed by atoms with Gasteiger partial charge >= 0.3 is 0 Å². The lowest BCUT2D eigenvalue weighted by atomic mass is 9.48. The van der Waals surface area contributed by atoms with Gasteiger partial charge in [0, 0.05) is 30.7 Å². The number of ether oxygens (including phenoxy) is 2. The van der Waals surface area contributed by atoms with E-state index >= 15 is 0 Å². The Morgan fingerprint density at radius 1 is 1.37 bits per heavy atom. The van der Waals surface area contributed by atoms with Crippen LogP contribution in [0.15, 0.2) is 12.1 Å². The standard InChI is InChI=1S/C23H27NO6/c1-13(25)12-29-23-7-6-17(27)21-22(23)8-9-24(28,11-14-2-3-14)18(23)10-15-4-5-16(26)20(30-21)19(15)22/h4-5,14,18,21,26H,2-3,6-12H2,1H3/t18-,21?,22+,23?,24?/m1/s1. The fourth-order valence-corrected chi connectivity index (χ4v) is 7.03. The average molecular weight is 413 g/mol. The number of rotatable bonds is 5. The molecule has 0 radical (unpaired) electrons. The minimum absolute atomic E-state index is 0.00709. The third-order valence-corrected chi connectivity index (χ3v) is 8.34. The molecule has 2 saturated carbocycles. The van der Waals surface area contributed by atoms with Gasteiger partial charge in [0.25, 0.3) is 0 Å². The molecule has 2 aliphatic heterocycles. The number of phenolic OH excluding ortho intramolecular Hbond substituents is 1. The Bertz CT molecular complexity index is 973. The van der Waals surface area contributed by atoms with Gasteiger partial charge in [0.15, 0.2) is 29.2 Å². The zero-order valence-electron chi connectivity index (χ0n) is 17.2. The smallest absolute Gasteiger partial charge is 0.174 e. The molecule has 7 nitrogen and oxygen atoms in total. The first kappa shape index (κ1) is 18.8. The number of ketones is 2. The van der Waals surface area contributed by atoms with Crippen LogP contribution in [-0.4, -0.2) is 58.8 Å². The van der Waals surface area contributed by atoms with Crippen LogP contribution in [0.1, 0.15) is 50.2 Å². The zero-order valence-corrected chi connectivity index (χ0v) is 17.2. The van der Waals surface area contributed by atoms with E-state index in [0.29, 0.717) is 44.0 Å². The second-order valence-electron chi connectivity index (χ2n) is 10.0. The predicted molar refractivity (Wildman–Crippen MR) is 106 cm³/mol. The van der Waals surface area contributed by atoms with Crippen molar-refractivity contribution < 1.29 is 28.8 Å². The summed E-state index contributed by atoms with van der Waals surface area (Å²) in [4.78, 5) is 25.0. The summed E-state index contributed by atoms with van der Waals surface area (Å²) < 4.78 is 12.3. The minimum Gasteiger partial charge on any atom is -0.632 e. The Labute approximate surface area is 175 Å². The molecule has 3 unspecified atom stereocenters. The normalized spacial score (nSPS) is 40.7. The van der Waals surface area contributed by atoms with E-state index in [2.05, 4.69) is 0 Å². The minimum atomic E-state index is -0.932. The van der Waals surface area contributed by atoms with E-state index in [1.165, 1.54) is 6.92 Å². The van der Waals surface area contributed by atoms with E-state index in [9.17, 15) is 19.9 Å². The van der Waals surface area contributed by atoms with Crippen LogP contribution in [0.4, 0.5) is 0 Å². The molecule has 0 amide bonds. The summed E-state index contributed by atoms with van der Waals surface area (Å²) >= 11 is 0. The topological polar surface area (TPSA) is 95.9 Å². The van der Waals surface area contributed by atoms with Gasteiger partial charge in [-0.05, 0) is 37.8 Å². The van der Waals surface area contributed by atoms with Crippen molar-refractivity contribution in [1.82, 2.24) is 0 Å². The van der Waals surface area contributed by atoms with E-state index in [4.69, 9.17) is 9.47 Å². The molecule has 160 valence electrons. The van der Waals surface area contributed by atoms with Crippen molar-refractivity contribution in [3.05, 3.63) is 28.5 Å². The number of carbonyl (C=O) groups excluding carboxylic acids is 2. The molecule has 1 aromatic rings. The van der Waals surface area contributed by atoms with Crippen molar-refractivity contribution >= 4 is 11.6 Å². The van der Waals surface area contributed by atoms with Crippen LogP contribution in [0.25, 0.3) is 0 Å². The fraction of sp³-hybridized carbons (Fsp3) is 0.652. The van der Waals surface area contributed by atoms with E-state index in [1.807, 2.05) is 6.07 Å². The maximum atomic E-state index is 14.3. The number of phenols is 1. The average Bonchev–Trinajstić information content (AvgIpc) is 3.43. The van der Waals surface area contributed by atoms with Gasteiger partial charge in [-0.1, -0.05) is 6.07 Å². The molecule has 1 aromatic carbocycles. The van der Waals surface area contributed by atoms with Crippen LogP contribution < -0.4 is 4.74 Å². The first-order valence-electron chi connectivity index (χ1n) is 11.1. The third-order valence-electron chi connectivity index (χ3n) is 8.34. The van der Waals surface area contributed by atoms with Crippen LogP contribution in [0.2, 0.25) is 0 Å². The van der Waals surface area contributed by atoms with Crippen molar-refractivity contribution in [1.29, 1.82) is 0 Å². The van der Waals surface area contributed by atoms with Crippen LogP contribution >= 0.6 is 0 Å². The molecular weight excluding hydrogens is 386 g/mol. The number of nitrogens with zero attached hydrogens (tertiary/aromatic N) is 1. The number of quaternary nitrogens is 1. The number of aromatic hydroxyl groups is 1. The summed E-state index contributed by atoms with van der Waals surface area (Å²) in [6, 6.07) is 3.09. The Morgan fingerprint density at radius 3 is 2.90 bits per heavy atom. The van der Waals surface area contributed by atoms with E-state index in [1.54, 1.807) is 6.07 Å². The van der Waals surface area contributed by atoms with Crippen molar-refractivity contribution in [2.75, 3.05) is 19.7 Å². The van der Waals surface area contributed by atoms with Crippen LogP contribution in [0.5, 0.6) is 11.5 Å². The molecule has 30 heavy (non-hydrogen) atoms. The largest absolute Gasteiger partial charge is 0.632 e. The van der Waals surface area contributed by atoms with Crippen molar-refractivity contribution in [2.24, 2.45) is 5.92 Å². The summed E-state index contributed by atoms with van der Waals surface area (Å²) in [6.45, 7) is 2.39. The fourth-order valence-electron chi connectivity index (χ4n) is 7.03. The van der Waals surface area contributed by atoms with Gasteiger partial charge in [0.2, 0.25) is 0 Å². The van der Waals surface area contributed by atoms with Crippen LogP contribution in [0, 0.1) is 11.1 Å². The summed E-state index contributed by atoms with van der Waals surface area (Å²) in [5.74, 6) is 0.747. The van der Waals surface area contributed by atoms with E-state index < -0.39 is 17.1 Å². The molecule has 3 fully saturated rings. The highest BCUT2D eigenvalue weighted by molar-refractivity contribution is 5.90. The number of hydrogen-bond acceptors (Lipinski definition) is 6. The third kappa shape index (κ3) is 2.16. The number of hydrogen-bond donors (Lipinski definition) is 1. The molecule has 7 heteroatoms. The zero-order chi connectivity index (χ0) is 20.9. The lowest BCUT2D eigenvalue weighted by Crippen LogP contribution is -2.81. The van der Waals surface area contributed by atoms with Gasteiger partial charge < -0.3 is 24.4 Å². The van der Waals surface area contributed by atoms with Gasteiger partial charge in [0.05, 0.1) is 18.5 Å². The number of Topliss-reactive ketones (excluding diaryl/α,β-unsaturated/α-hetero) is 2. The number of benzene rings is 1. The highest BCUT2D eigenvalue weighted by Gasteiger charge is 2.77. The summed E-state index contributed by atoms with van der Waals surface area (Å²) in [7, 11) is 0. The number of hydroxylamine groups is 3. The first-order chi connectivity index (χ1) is 14.3. The van der Waals surface area contributed by atoms with Gasteiger partial charge in [-0.2, -0.15) is 0 Å². The SMILES string of the molecule is CC(=O)COC12CCC(=O)C3Oc4c(O)ccc5c4[C@@]31CC[N+]([O-])(CC1CC1)[C@@H]2C5. The molecular formula is C23H27NO6. The molecule has 5 atom stereocenters. The Morgan fingerprint density at radius 2 is 2.17 bits per heavy atom. The lowest BCUT2D eigenvalue weighted by molar-refractivity contribution is -0.924. The molecule has 1 saturated heterocycles. The number of carbonyl (C=O) groups is 2. The van der Waals surface area contributed by atoms with Gasteiger partial charge in [-0.25, -0.2) is 0 Å². The van der Waals surface area contributed by atoms with Gasteiger partial charge in [-0.15, -0.1) is 0 Å². The Balaban J connectivity index is 1.59. The van der Waals surface area contributed by atoms with Crippen molar-refractivity contribution in [3.8, 4) is 11.5 Å². The molecule has 5 aliphatic rings. The molecule has 2 heterocycles. The monoisotopic (exact) mass is 413 g/mol. The summed E-state index contributed by atoms with van der Waals surface area (Å²) in [5.41, 5.74) is 0.0803. The molecule has 1 spiro atoms. The van der Waals surface area contributed by atoms with E-state index in [-0.39, 0.29) is 41.0 Å². The number of likely N-dealkylation sites (tertiary alicyclic amines) is 1. The van der Waals surface area contributed by atoms with Gasteiger partial charge in [0.1, 0.15) is 18.2 Å². The van der Waals surface area contributed by atoms with Crippen molar-refractivity contribution in [3.63, 3.8) is 0 Å². The predicted octanol–water partition coefficient (Wildman–Crippen LogP) is 2.15. The highest BCUT2D eigenvalue weighted by Crippen LogP contribution is 2.67. The molecule has 2 bridgehead atoms. The molecule has 6 rings (SSSR count). The second-order valence-corrected chi connectivity index (χ2v) is 10.0. The molecule has 3 aliphatic carbocycles. The maximum absolute atomic E-state index is 14.3. The maximum Gasteiger partial charge on any atom is 0.174 e. The quantitative estimate of drug-likeness (QED) is 0.587. The first-order valence-corrected chi connectivity index (χ1v) is 11.1. The van der Waals surface area contributed by atoms with Crippen LogP contribution in [-0.2, 0) is 26.2 Å². The molecule has 0 aromatic heterocycles. The lowest BCUT2D eigenvalue weighted by Gasteiger charge is -2.68. The summed E-state index contributed by atoms with van der Waals surface area (Å²) in [6.07, 6.45) is 3.10.